The van der Waals surface area contributed by atoms with E-state index < -0.39 is 5.41 Å². The number of nitrogens with zero attached hydrogens (tertiary/aromatic N) is 1. The van der Waals surface area contributed by atoms with Gasteiger partial charge >= 0.3 is 0 Å². The minimum Gasteiger partial charge on any atom is -0.493 e. The maximum Gasteiger partial charge on any atom is 0.238 e. The topological polar surface area (TPSA) is 67.9 Å². The number of hydrogen-bond donors (Lipinski definition) is 1. The van der Waals surface area contributed by atoms with Crippen LogP contribution < -0.4 is 14.8 Å². The molecule has 1 N–H and O–H groups in total. The van der Waals surface area contributed by atoms with Crippen molar-refractivity contribution in [3.05, 3.63) is 23.3 Å². The van der Waals surface area contributed by atoms with Gasteiger partial charge in [0.1, 0.15) is 5.41 Å². The molecule has 2 aliphatic rings. The van der Waals surface area contributed by atoms with Gasteiger partial charge in [0.15, 0.2) is 11.5 Å². The van der Waals surface area contributed by atoms with E-state index in [1.54, 1.807) is 14.2 Å². The number of carbonyl (C=O) groups excluding carboxylic acids is 2. The average molecular weight is 360 g/mol. The van der Waals surface area contributed by atoms with Crippen LogP contribution in [-0.4, -0.2) is 44.0 Å². The molecule has 2 amide bonds. The molecule has 1 heterocycles. The number of nitrogens with one attached hydrogen (secondary N) is 1. The summed E-state index contributed by atoms with van der Waals surface area (Å²) in [4.78, 5) is 27.4. The summed E-state index contributed by atoms with van der Waals surface area (Å²) >= 11 is 0. The van der Waals surface area contributed by atoms with Gasteiger partial charge in [-0.3, -0.25) is 9.59 Å². The van der Waals surface area contributed by atoms with Gasteiger partial charge in [0.05, 0.1) is 14.2 Å². The fourth-order valence-corrected chi connectivity index (χ4v) is 3.57. The van der Waals surface area contributed by atoms with Crippen LogP contribution in [0.25, 0.3) is 0 Å². The Morgan fingerprint density at radius 1 is 1.15 bits per heavy atom. The molecule has 1 aliphatic heterocycles. The Morgan fingerprint density at radius 3 is 2.38 bits per heavy atom. The summed E-state index contributed by atoms with van der Waals surface area (Å²) in [6, 6.07) is 3.93. The highest BCUT2D eigenvalue weighted by atomic mass is 16.5. The number of fused-ring (bicyclic) bond motifs is 1. The fraction of sp³-hybridized carbons (Fsp3) is 0.600. The van der Waals surface area contributed by atoms with Crippen molar-refractivity contribution in [3.8, 4) is 11.5 Å². The summed E-state index contributed by atoms with van der Waals surface area (Å²) < 4.78 is 10.7. The number of methoxy groups -OCH3 is 2. The van der Waals surface area contributed by atoms with E-state index in [0.29, 0.717) is 44.0 Å². The molecule has 1 fully saturated rings. The molecule has 1 aliphatic carbocycles. The van der Waals surface area contributed by atoms with Crippen molar-refractivity contribution in [1.29, 1.82) is 0 Å². The molecular formula is C20H28N2O4. The van der Waals surface area contributed by atoms with Gasteiger partial charge in [-0.1, -0.05) is 13.3 Å². The zero-order valence-corrected chi connectivity index (χ0v) is 15.9. The van der Waals surface area contributed by atoms with Crippen LogP contribution in [0.5, 0.6) is 11.5 Å². The van der Waals surface area contributed by atoms with Crippen LogP contribution in [0.15, 0.2) is 12.1 Å². The summed E-state index contributed by atoms with van der Waals surface area (Å²) in [5.74, 6) is 1.24. The Labute approximate surface area is 154 Å². The SMILES string of the molecule is CCCCNC(=O)C1(C(=O)N2CCc3cc(OC)c(OC)cc3C2)CC1. The third-order valence-corrected chi connectivity index (χ3v) is 5.42. The van der Waals surface area contributed by atoms with Gasteiger partial charge in [0, 0.05) is 19.6 Å². The highest BCUT2D eigenvalue weighted by Crippen LogP contribution is 2.48. The first-order valence-corrected chi connectivity index (χ1v) is 9.37. The number of rotatable bonds is 7. The Bertz CT molecular complexity index is 697. The van der Waals surface area contributed by atoms with Crippen molar-refractivity contribution in [2.45, 2.75) is 45.6 Å². The molecule has 6 nitrogen and oxygen atoms in total. The van der Waals surface area contributed by atoms with Crippen LogP contribution in [0.1, 0.15) is 43.7 Å². The molecule has 0 saturated heterocycles. The van der Waals surface area contributed by atoms with Gasteiger partial charge in [-0.15, -0.1) is 0 Å². The van der Waals surface area contributed by atoms with E-state index in [2.05, 4.69) is 12.2 Å². The van der Waals surface area contributed by atoms with Crippen molar-refractivity contribution in [1.82, 2.24) is 10.2 Å². The Kier molecular flexibility index (Phi) is 5.39. The highest BCUT2D eigenvalue weighted by molar-refractivity contribution is 6.07. The summed E-state index contributed by atoms with van der Waals surface area (Å²) in [5.41, 5.74) is 1.40. The quantitative estimate of drug-likeness (QED) is 0.598. The van der Waals surface area contributed by atoms with E-state index in [9.17, 15) is 9.59 Å². The van der Waals surface area contributed by atoms with Crippen molar-refractivity contribution in [3.63, 3.8) is 0 Å². The predicted octanol–water partition coefficient (Wildman–Crippen LogP) is 2.29. The van der Waals surface area contributed by atoms with E-state index in [4.69, 9.17) is 9.47 Å². The van der Waals surface area contributed by atoms with Gasteiger partial charge < -0.3 is 19.7 Å². The van der Waals surface area contributed by atoms with Crippen LogP contribution in [0, 0.1) is 5.41 Å². The first-order chi connectivity index (χ1) is 12.6. The lowest BCUT2D eigenvalue weighted by molar-refractivity contribution is -0.145. The molecular weight excluding hydrogens is 332 g/mol. The molecule has 3 rings (SSSR count). The summed E-state index contributed by atoms with van der Waals surface area (Å²) in [6.07, 6.45) is 4.03. The van der Waals surface area contributed by atoms with Gasteiger partial charge in [-0.2, -0.15) is 0 Å². The van der Waals surface area contributed by atoms with E-state index >= 15 is 0 Å². The second kappa shape index (κ2) is 7.56. The summed E-state index contributed by atoms with van der Waals surface area (Å²) in [5, 5.41) is 2.94. The normalized spacial score (nSPS) is 17.3. The lowest BCUT2D eigenvalue weighted by atomic mass is 9.96. The Balaban J connectivity index is 1.72. The number of carbonyl (C=O) groups is 2. The minimum absolute atomic E-state index is 0.0352. The largest absolute Gasteiger partial charge is 0.493 e. The van der Waals surface area contributed by atoms with E-state index in [1.807, 2.05) is 17.0 Å². The number of ether oxygens (including phenoxy) is 2. The number of amides is 2. The van der Waals surface area contributed by atoms with Crippen molar-refractivity contribution in [2.75, 3.05) is 27.3 Å². The average Bonchev–Trinajstić information content (AvgIpc) is 3.48. The summed E-state index contributed by atoms with van der Waals surface area (Å²) in [6.45, 7) is 3.87. The van der Waals surface area contributed by atoms with Gasteiger partial charge in [-0.05, 0) is 48.9 Å². The molecule has 26 heavy (non-hydrogen) atoms. The van der Waals surface area contributed by atoms with Crippen molar-refractivity contribution < 1.29 is 19.1 Å². The minimum atomic E-state index is -0.832. The molecule has 0 aromatic heterocycles. The lowest BCUT2D eigenvalue weighted by Crippen LogP contribution is -2.47. The van der Waals surface area contributed by atoms with Crippen LogP contribution in [0.4, 0.5) is 0 Å². The first kappa shape index (κ1) is 18.5. The standard InChI is InChI=1S/C20H28N2O4/c1-4-5-9-21-18(23)20(7-8-20)19(24)22-10-6-14-11-16(25-2)17(26-3)12-15(14)13-22/h11-12H,4-10,13H2,1-3H3,(H,21,23). The Hall–Kier alpha value is -2.24. The fourth-order valence-electron chi connectivity index (χ4n) is 3.57. The molecule has 0 atom stereocenters. The molecule has 1 aromatic carbocycles. The van der Waals surface area contributed by atoms with E-state index in [1.165, 1.54) is 5.56 Å². The zero-order valence-electron chi connectivity index (χ0n) is 15.9. The van der Waals surface area contributed by atoms with Gasteiger partial charge in [0.25, 0.3) is 0 Å². The van der Waals surface area contributed by atoms with Crippen molar-refractivity contribution in [2.24, 2.45) is 5.41 Å². The van der Waals surface area contributed by atoms with Gasteiger partial charge in [-0.25, -0.2) is 0 Å². The lowest BCUT2D eigenvalue weighted by Gasteiger charge is -2.32. The molecule has 1 saturated carbocycles. The first-order valence-electron chi connectivity index (χ1n) is 9.37. The molecule has 0 unspecified atom stereocenters. The molecule has 6 heteroatoms. The molecule has 0 radical (unpaired) electrons. The van der Waals surface area contributed by atoms with Crippen LogP contribution >= 0.6 is 0 Å². The van der Waals surface area contributed by atoms with Crippen LogP contribution in [0.3, 0.4) is 0 Å². The second-order valence-corrected chi connectivity index (χ2v) is 7.14. The summed E-state index contributed by atoms with van der Waals surface area (Å²) in [7, 11) is 3.23. The molecule has 0 spiro atoms. The van der Waals surface area contributed by atoms with Gasteiger partial charge in [0.2, 0.25) is 11.8 Å². The molecule has 1 aromatic rings. The number of hydrogen-bond acceptors (Lipinski definition) is 4. The second-order valence-electron chi connectivity index (χ2n) is 7.14. The van der Waals surface area contributed by atoms with E-state index in [-0.39, 0.29) is 11.8 Å². The van der Waals surface area contributed by atoms with Crippen molar-refractivity contribution >= 4 is 11.8 Å². The van der Waals surface area contributed by atoms with E-state index in [0.717, 1.165) is 24.8 Å². The third-order valence-electron chi connectivity index (χ3n) is 5.42. The van der Waals surface area contributed by atoms with Crippen LogP contribution in [0.2, 0.25) is 0 Å². The Morgan fingerprint density at radius 2 is 1.81 bits per heavy atom. The smallest absolute Gasteiger partial charge is 0.238 e. The maximum absolute atomic E-state index is 13.1. The maximum atomic E-state index is 13.1. The highest BCUT2D eigenvalue weighted by Gasteiger charge is 2.58. The van der Waals surface area contributed by atoms with Crippen LogP contribution in [-0.2, 0) is 22.6 Å². The molecule has 142 valence electrons. The monoisotopic (exact) mass is 360 g/mol. The third kappa shape index (κ3) is 3.37. The number of benzene rings is 1. The predicted molar refractivity (Wildman–Crippen MR) is 98.3 cm³/mol. The number of unbranched alkanes of at least 4 members (excludes halogenated alkanes) is 1. The zero-order chi connectivity index (χ0) is 18.7. The molecule has 0 bridgehead atoms.